The quantitative estimate of drug-likeness (QED) is 0.116. The second-order valence-electron chi connectivity index (χ2n) is 12.3. The first-order valence-electron chi connectivity index (χ1n) is 16.0. The number of amides is 1. The fourth-order valence-electron chi connectivity index (χ4n) is 6.39. The van der Waals surface area contributed by atoms with Crippen LogP contribution in [0, 0.1) is 20.8 Å². The van der Waals surface area contributed by atoms with Crippen LogP contribution in [0.25, 0.3) is 22.2 Å². The van der Waals surface area contributed by atoms with Gasteiger partial charge in [-0.2, -0.15) is 0 Å². The number of nitrogens with zero attached hydrogens (tertiary/aromatic N) is 3. The zero-order valence-corrected chi connectivity index (χ0v) is 28.9. The summed E-state index contributed by atoms with van der Waals surface area (Å²) < 4.78 is 7.17. The average molecular weight is 669 g/mol. The molecule has 1 heterocycles. The summed E-state index contributed by atoms with van der Waals surface area (Å²) in [4.78, 5) is 20.6. The van der Waals surface area contributed by atoms with Crippen molar-refractivity contribution >= 4 is 16.7 Å². The summed E-state index contributed by atoms with van der Waals surface area (Å²) >= 11 is 0. The normalized spacial score (nSPS) is 11.4. The number of rotatable bonds is 13. The lowest BCUT2D eigenvalue weighted by atomic mass is 10.1. The first-order chi connectivity index (χ1) is 21.3. The number of unbranched alkanes of at least 4 members (excludes halogenated alkanes) is 1. The summed E-state index contributed by atoms with van der Waals surface area (Å²) in [7, 11) is 0. The Morgan fingerprint density at radius 3 is 2.13 bits per heavy atom. The van der Waals surface area contributed by atoms with E-state index in [4.69, 9.17) is 4.42 Å². The number of benzene rings is 4. The van der Waals surface area contributed by atoms with Gasteiger partial charge in [-0.05, 0) is 82.0 Å². The van der Waals surface area contributed by atoms with Crippen LogP contribution >= 0.6 is 0 Å². The Bertz CT molecular complexity index is 1690. The van der Waals surface area contributed by atoms with Crippen LogP contribution in [0.5, 0.6) is 0 Å². The summed E-state index contributed by atoms with van der Waals surface area (Å²) in [5.41, 5.74) is 6.66. The minimum Gasteiger partial charge on any atom is -1.00 e. The topological polar surface area (TPSA) is 46.3 Å². The molecule has 1 aromatic heterocycles. The Hall–Kier alpha value is -3.74. The third-order valence-corrected chi connectivity index (χ3v) is 8.94. The molecule has 6 heteroatoms. The van der Waals surface area contributed by atoms with E-state index in [2.05, 4.69) is 93.3 Å². The molecular weight excluding hydrogens is 622 g/mol. The monoisotopic (exact) mass is 667 g/mol. The van der Waals surface area contributed by atoms with Gasteiger partial charge >= 0.3 is 0 Å². The number of hydrogen-bond donors (Lipinski definition) is 0. The zero-order valence-electron chi connectivity index (χ0n) is 27.4. The molecule has 0 saturated carbocycles. The molecule has 5 aromatic rings. The number of carbonyl (C=O) groups excluding carboxylic acids is 1. The Balaban J connectivity index is 0.00000461. The van der Waals surface area contributed by atoms with Crippen LogP contribution in [0.1, 0.15) is 65.2 Å². The summed E-state index contributed by atoms with van der Waals surface area (Å²) in [6.07, 6.45) is 1.96. The highest BCUT2D eigenvalue weighted by Gasteiger charge is 2.26. The molecule has 5 nitrogen and oxygen atoms in total. The molecule has 45 heavy (non-hydrogen) atoms. The van der Waals surface area contributed by atoms with E-state index in [1.807, 2.05) is 42.2 Å². The maximum absolute atomic E-state index is 14.1. The SMILES string of the molecule is CC[N+](CC)(CCCCN(Cc1ccc2ccccc2c1)C(=O)c1oc(-c2ccccc2)nc1C)Cc1cc(C)cc(C)c1.[Br-]. The maximum atomic E-state index is 14.1. The summed E-state index contributed by atoms with van der Waals surface area (Å²) in [6, 6.07) is 31.5. The van der Waals surface area contributed by atoms with Crippen LogP contribution in [0.3, 0.4) is 0 Å². The molecule has 236 valence electrons. The van der Waals surface area contributed by atoms with Gasteiger partial charge in [0, 0.05) is 24.2 Å². The minimum absolute atomic E-state index is 0. The van der Waals surface area contributed by atoms with E-state index < -0.39 is 0 Å². The molecule has 0 fully saturated rings. The van der Waals surface area contributed by atoms with Crippen molar-refractivity contribution in [2.24, 2.45) is 0 Å². The molecular formula is C39H46BrN3O2. The van der Waals surface area contributed by atoms with Crippen molar-refractivity contribution in [2.75, 3.05) is 26.2 Å². The molecule has 0 spiro atoms. The number of aromatic nitrogens is 1. The third kappa shape index (κ3) is 8.50. The standard InChI is InChI=1S/C39H46N3O2.BrH/c1-6-42(7-2,28-33-24-29(3)23-30(4)25-33)22-14-13-21-41(27-32-19-20-34-15-11-12-18-36(34)26-32)39(43)37-31(5)40-38(44-37)35-16-9-8-10-17-35;/h8-12,15-20,23-26H,6-7,13-14,21-22,27-28H2,1-5H3;1H/q+1;/p-1. The molecule has 0 bridgehead atoms. The zero-order chi connectivity index (χ0) is 31.1. The number of fused-ring (bicyclic) bond motifs is 1. The van der Waals surface area contributed by atoms with Gasteiger partial charge in [0.05, 0.1) is 25.3 Å². The van der Waals surface area contributed by atoms with Crippen molar-refractivity contribution in [2.45, 2.75) is 60.5 Å². The molecule has 0 aliphatic carbocycles. The number of hydrogen-bond acceptors (Lipinski definition) is 3. The van der Waals surface area contributed by atoms with Gasteiger partial charge in [-0.15, -0.1) is 0 Å². The van der Waals surface area contributed by atoms with Crippen molar-refractivity contribution < 1.29 is 30.7 Å². The average Bonchev–Trinajstić information content (AvgIpc) is 3.42. The molecule has 0 atom stereocenters. The molecule has 4 aromatic carbocycles. The molecule has 0 N–H and O–H groups in total. The van der Waals surface area contributed by atoms with E-state index >= 15 is 0 Å². The van der Waals surface area contributed by atoms with E-state index in [1.54, 1.807) is 0 Å². The fraction of sp³-hybridized carbons (Fsp3) is 0.333. The van der Waals surface area contributed by atoms with Crippen molar-refractivity contribution in [3.63, 3.8) is 0 Å². The van der Waals surface area contributed by atoms with Gasteiger partial charge in [-0.1, -0.05) is 83.9 Å². The summed E-state index contributed by atoms with van der Waals surface area (Å²) in [6.45, 7) is 16.3. The molecule has 1 amide bonds. The Morgan fingerprint density at radius 2 is 1.44 bits per heavy atom. The third-order valence-electron chi connectivity index (χ3n) is 8.94. The number of carbonyl (C=O) groups is 1. The largest absolute Gasteiger partial charge is 1.00 e. The van der Waals surface area contributed by atoms with Gasteiger partial charge in [0.2, 0.25) is 11.7 Å². The van der Waals surface area contributed by atoms with Crippen molar-refractivity contribution in [3.8, 4) is 11.5 Å². The van der Waals surface area contributed by atoms with Gasteiger partial charge < -0.3 is 30.8 Å². The predicted molar refractivity (Wildman–Crippen MR) is 180 cm³/mol. The van der Waals surface area contributed by atoms with E-state index in [-0.39, 0.29) is 22.9 Å². The Kier molecular flexibility index (Phi) is 11.8. The number of quaternary nitrogens is 1. The number of aryl methyl sites for hydroxylation is 3. The van der Waals surface area contributed by atoms with Crippen LogP contribution in [0.2, 0.25) is 0 Å². The second-order valence-corrected chi connectivity index (χ2v) is 12.3. The number of oxazole rings is 1. The molecule has 0 radical (unpaired) electrons. The lowest BCUT2D eigenvalue weighted by molar-refractivity contribution is -0.938. The van der Waals surface area contributed by atoms with Crippen LogP contribution in [-0.2, 0) is 13.1 Å². The van der Waals surface area contributed by atoms with Crippen LogP contribution in [0.15, 0.2) is 95.4 Å². The van der Waals surface area contributed by atoms with Gasteiger partial charge in [0.15, 0.2) is 0 Å². The Morgan fingerprint density at radius 1 is 0.778 bits per heavy atom. The smallest absolute Gasteiger partial charge is 0.291 e. The molecule has 0 aliphatic rings. The maximum Gasteiger partial charge on any atom is 0.291 e. The summed E-state index contributed by atoms with van der Waals surface area (Å²) in [5.74, 6) is 0.704. The van der Waals surface area contributed by atoms with Crippen molar-refractivity contribution in [3.05, 3.63) is 125 Å². The molecule has 0 saturated heterocycles. The van der Waals surface area contributed by atoms with Gasteiger partial charge in [-0.3, -0.25) is 4.79 Å². The van der Waals surface area contributed by atoms with E-state index in [0.717, 1.165) is 54.6 Å². The van der Waals surface area contributed by atoms with Crippen LogP contribution in [-0.4, -0.2) is 46.5 Å². The van der Waals surface area contributed by atoms with E-state index in [0.29, 0.717) is 30.4 Å². The highest BCUT2D eigenvalue weighted by Crippen LogP contribution is 2.25. The minimum atomic E-state index is -0.104. The van der Waals surface area contributed by atoms with Crippen LogP contribution < -0.4 is 17.0 Å². The lowest BCUT2D eigenvalue weighted by Gasteiger charge is -2.37. The second kappa shape index (κ2) is 15.5. The first-order valence-corrected chi connectivity index (χ1v) is 16.0. The van der Waals surface area contributed by atoms with Crippen LogP contribution in [0.4, 0.5) is 0 Å². The lowest BCUT2D eigenvalue weighted by Crippen LogP contribution is -3.00. The van der Waals surface area contributed by atoms with E-state index in [9.17, 15) is 4.79 Å². The van der Waals surface area contributed by atoms with Gasteiger partial charge in [0.25, 0.3) is 5.91 Å². The van der Waals surface area contributed by atoms with Crippen molar-refractivity contribution in [1.82, 2.24) is 9.88 Å². The highest BCUT2D eigenvalue weighted by molar-refractivity contribution is 5.93. The molecule has 0 unspecified atom stereocenters. The fourth-order valence-corrected chi connectivity index (χ4v) is 6.39. The van der Waals surface area contributed by atoms with Gasteiger partial charge in [0.1, 0.15) is 6.54 Å². The van der Waals surface area contributed by atoms with Gasteiger partial charge in [-0.25, -0.2) is 4.98 Å². The highest BCUT2D eigenvalue weighted by atomic mass is 79.9. The Labute approximate surface area is 279 Å². The first kappa shape index (κ1) is 34.1. The summed E-state index contributed by atoms with van der Waals surface area (Å²) in [5, 5.41) is 2.38. The molecule has 0 aliphatic heterocycles. The predicted octanol–water partition coefficient (Wildman–Crippen LogP) is 5.90. The molecule has 5 rings (SSSR count). The van der Waals surface area contributed by atoms with Crippen molar-refractivity contribution in [1.29, 1.82) is 0 Å². The number of halogens is 1. The van der Waals surface area contributed by atoms with E-state index in [1.165, 1.54) is 27.5 Å².